The lowest BCUT2D eigenvalue weighted by Gasteiger charge is -2.22. The van der Waals surface area contributed by atoms with Gasteiger partial charge in [-0.05, 0) is 67.0 Å². The predicted octanol–water partition coefficient (Wildman–Crippen LogP) is 6.15. The summed E-state index contributed by atoms with van der Waals surface area (Å²) in [6.45, 7) is 2.07. The molecule has 0 fully saturated rings. The fraction of sp³-hybridized carbons (Fsp3) is 0.350. The van der Waals surface area contributed by atoms with Crippen molar-refractivity contribution in [3.05, 3.63) is 63.1 Å². The van der Waals surface area contributed by atoms with Gasteiger partial charge < -0.3 is 10.6 Å². The van der Waals surface area contributed by atoms with Gasteiger partial charge >= 0.3 is 6.03 Å². The molecule has 0 aromatic heterocycles. The van der Waals surface area contributed by atoms with Crippen LogP contribution in [0.4, 0.5) is 10.5 Å². The predicted molar refractivity (Wildman–Crippen MR) is 105 cm³/mol. The maximum absolute atomic E-state index is 12.4. The molecule has 1 unspecified atom stereocenters. The molecule has 0 radical (unpaired) electrons. The first-order valence-electron chi connectivity index (χ1n) is 8.71. The SMILES string of the molecule is CCC(NC(=O)Nc1cc(Cl)ccc1Cl)c1ccc2c(c1)CCCC2. The number of hydrogen-bond donors (Lipinski definition) is 2. The molecule has 1 atom stereocenters. The number of halogens is 2. The van der Waals surface area contributed by atoms with E-state index in [0.717, 1.165) is 24.8 Å². The van der Waals surface area contributed by atoms with Crippen LogP contribution in [0.1, 0.15) is 48.9 Å². The summed E-state index contributed by atoms with van der Waals surface area (Å²) >= 11 is 12.1. The summed E-state index contributed by atoms with van der Waals surface area (Å²) in [5.41, 5.74) is 4.52. The van der Waals surface area contributed by atoms with Gasteiger partial charge in [0.1, 0.15) is 0 Å². The van der Waals surface area contributed by atoms with Gasteiger partial charge in [0.15, 0.2) is 0 Å². The van der Waals surface area contributed by atoms with Gasteiger partial charge in [-0.2, -0.15) is 0 Å². The van der Waals surface area contributed by atoms with Crippen molar-refractivity contribution < 1.29 is 4.79 Å². The van der Waals surface area contributed by atoms with Crippen LogP contribution in [0.15, 0.2) is 36.4 Å². The van der Waals surface area contributed by atoms with Crippen LogP contribution in [-0.4, -0.2) is 6.03 Å². The summed E-state index contributed by atoms with van der Waals surface area (Å²) < 4.78 is 0. The minimum Gasteiger partial charge on any atom is -0.331 e. The van der Waals surface area contributed by atoms with Crippen molar-refractivity contribution in [2.45, 2.75) is 45.1 Å². The molecule has 2 amide bonds. The number of benzene rings is 2. The lowest BCUT2D eigenvalue weighted by atomic mass is 9.89. The number of aryl methyl sites for hydroxylation is 2. The molecular formula is C20H22Cl2N2O. The smallest absolute Gasteiger partial charge is 0.319 e. The maximum Gasteiger partial charge on any atom is 0.319 e. The molecule has 0 aliphatic heterocycles. The van der Waals surface area contributed by atoms with Gasteiger partial charge in [0.05, 0.1) is 16.8 Å². The molecule has 3 nitrogen and oxygen atoms in total. The molecule has 0 saturated heterocycles. The van der Waals surface area contributed by atoms with Crippen molar-refractivity contribution >= 4 is 34.9 Å². The van der Waals surface area contributed by atoms with Gasteiger partial charge in [-0.15, -0.1) is 0 Å². The highest BCUT2D eigenvalue weighted by atomic mass is 35.5. The molecule has 2 aromatic rings. The van der Waals surface area contributed by atoms with Crippen LogP contribution in [0.25, 0.3) is 0 Å². The van der Waals surface area contributed by atoms with Crippen LogP contribution < -0.4 is 10.6 Å². The normalized spacial score (nSPS) is 14.5. The van der Waals surface area contributed by atoms with Gasteiger partial charge in [0.2, 0.25) is 0 Å². The van der Waals surface area contributed by atoms with E-state index in [1.165, 1.54) is 24.0 Å². The number of nitrogens with one attached hydrogen (secondary N) is 2. The fourth-order valence-corrected chi connectivity index (χ4v) is 3.64. The summed E-state index contributed by atoms with van der Waals surface area (Å²) in [4.78, 5) is 12.4. The molecule has 1 aliphatic rings. The molecule has 132 valence electrons. The summed E-state index contributed by atoms with van der Waals surface area (Å²) in [6.07, 6.45) is 5.62. The lowest BCUT2D eigenvalue weighted by Crippen LogP contribution is -2.32. The molecule has 0 heterocycles. The van der Waals surface area contributed by atoms with Gasteiger partial charge in [-0.3, -0.25) is 0 Å². The topological polar surface area (TPSA) is 41.1 Å². The third-order valence-electron chi connectivity index (χ3n) is 4.67. The molecular weight excluding hydrogens is 355 g/mol. The fourth-order valence-electron chi connectivity index (χ4n) is 3.30. The van der Waals surface area contributed by atoms with Gasteiger partial charge in [-0.1, -0.05) is 48.3 Å². The van der Waals surface area contributed by atoms with E-state index in [-0.39, 0.29) is 12.1 Å². The average molecular weight is 377 g/mol. The minimum atomic E-state index is -0.284. The standard InChI is InChI=1S/C20H22Cl2N2O/c1-2-18(15-8-7-13-5-3-4-6-14(13)11-15)23-20(25)24-19-12-16(21)9-10-17(19)22/h7-12,18H,2-6H2,1H3,(H2,23,24,25). The largest absolute Gasteiger partial charge is 0.331 e. The molecule has 3 rings (SSSR count). The highest BCUT2D eigenvalue weighted by molar-refractivity contribution is 6.35. The molecule has 2 N–H and O–H groups in total. The van der Waals surface area contributed by atoms with Gasteiger partial charge in [-0.25, -0.2) is 4.79 Å². The van der Waals surface area contributed by atoms with E-state index in [4.69, 9.17) is 23.2 Å². The van der Waals surface area contributed by atoms with E-state index < -0.39 is 0 Å². The Morgan fingerprint density at radius 1 is 1.08 bits per heavy atom. The quantitative estimate of drug-likeness (QED) is 0.660. The first kappa shape index (κ1) is 18.1. The number of fused-ring (bicyclic) bond motifs is 1. The molecule has 2 aromatic carbocycles. The summed E-state index contributed by atoms with van der Waals surface area (Å²) in [7, 11) is 0. The van der Waals surface area contributed by atoms with Crippen LogP contribution in [0, 0.1) is 0 Å². The number of carbonyl (C=O) groups excluding carboxylic acids is 1. The zero-order chi connectivity index (χ0) is 17.8. The van der Waals surface area contributed by atoms with E-state index in [0.29, 0.717) is 15.7 Å². The number of rotatable bonds is 4. The lowest BCUT2D eigenvalue weighted by molar-refractivity contribution is 0.248. The van der Waals surface area contributed by atoms with Gasteiger partial charge in [0, 0.05) is 5.02 Å². The minimum absolute atomic E-state index is 0.0369. The van der Waals surface area contributed by atoms with Crippen LogP contribution in [0.3, 0.4) is 0 Å². The number of amides is 2. The zero-order valence-electron chi connectivity index (χ0n) is 14.2. The number of anilines is 1. The Morgan fingerprint density at radius 3 is 2.60 bits per heavy atom. The Balaban J connectivity index is 1.71. The molecule has 0 bridgehead atoms. The Kier molecular flexibility index (Phi) is 5.87. The third kappa shape index (κ3) is 4.47. The Hall–Kier alpha value is -1.71. The van der Waals surface area contributed by atoms with E-state index in [9.17, 15) is 4.79 Å². The van der Waals surface area contributed by atoms with E-state index in [1.54, 1.807) is 18.2 Å². The summed E-state index contributed by atoms with van der Waals surface area (Å²) in [5, 5.41) is 6.80. The molecule has 0 spiro atoms. The second-order valence-electron chi connectivity index (χ2n) is 6.42. The van der Waals surface area contributed by atoms with Crippen LogP contribution in [-0.2, 0) is 12.8 Å². The van der Waals surface area contributed by atoms with Crippen LogP contribution in [0.5, 0.6) is 0 Å². The van der Waals surface area contributed by atoms with Gasteiger partial charge in [0.25, 0.3) is 0 Å². The number of hydrogen-bond acceptors (Lipinski definition) is 1. The Morgan fingerprint density at radius 2 is 1.84 bits per heavy atom. The molecule has 0 saturated carbocycles. The number of carbonyl (C=O) groups is 1. The maximum atomic E-state index is 12.4. The second-order valence-corrected chi connectivity index (χ2v) is 7.26. The average Bonchev–Trinajstić information content (AvgIpc) is 2.62. The van der Waals surface area contributed by atoms with Crippen LogP contribution in [0.2, 0.25) is 10.0 Å². The number of urea groups is 1. The van der Waals surface area contributed by atoms with Crippen molar-refractivity contribution in [2.24, 2.45) is 0 Å². The van der Waals surface area contributed by atoms with E-state index in [2.05, 4.69) is 35.8 Å². The summed E-state index contributed by atoms with van der Waals surface area (Å²) in [6, 6.07) is 11.3. The van der Waals surface area contributed by atoms with Crippen molar-refractivity contribution in [3.8, 4) is 0 Å². The van der Waals surface area contributed by atoms with Crippen LogP contribution >= 0.6 is 23.2 Å². The first-order chi connectivity index (χ1) is 12.1. The Labute approximate surface area is 158 Å². The van der Waals surface area contributed by atoms with Crippen molar-refractivity contribution in [1.82, 2.24) is 5.32 Å². The van der Waals surface area contributed by atoms with Crippen molar-refractivity contribution in [2.75, 3.05) is 5.32 Å². The summed E-state index contributed by atoms with van der Waals surface area (Å²) in [5.74, 6) is 0. The molecule has 1 aliphatic carbocycles. The monoisotopic (exact) mass is 376 g/mol. The highest BCUT2D eigenvalue weighted by Crippen LogP contribution is 2.27. The second kappa shape index (κ2) is 8.11. The van der Waals surface area contributed by atoms with Crippen molar-refractivity contribution in [1.29, 1.82) is 0 Å². The first-order valence-corrected chi connectivity index (χ1v) is 9.46. The zero-order valence-corrected chi connectivity index (χ0v) is 15.8. The highest BCUT2D eigenvalue weighted by Gasteiger charge is 2.16. The van der Waals surface area contributed by atoms with Crippen molar-refractivity contribution in [3.63, 3.8) is 0 Å². The molecule has 25 heavy (non-hydrogen) atoms. The Bertz CT molecular complexity index is 776. The molecule has 5 heteroatoms. The third-order valence-corrected chi connectivity index (χ3v) is 5.23. The van der Waals surface area contributed by atoms with E-state index in [1.807, 2.05) is 0 Å². The van der Waals surface area contributed by atoms with E-state index >= 15 is 0 Å².